The highest BCUT2D eigenvalue weighted by Crippen LogP contribution is 2.39. The highest BCUT2D eigenvalue weighted by Gasteiger charge is 2.39. The van der Waals surface area contributed by atoms with Gasteiger partial charge in [0.1, 0.15) is 0 Å². The van der Waals surface area contributed by atoms with E-state index < -0.39 is 17.4 Å². The highest BCUT2D eigenvalue weighted by molar-refractivity contribution is 5.75. The van der Waals surface area contributed by atoms with Crippen molar-refractivity contribution < 1.29 is 38.9 Å². The molecule has 0 heterocycles. The van der Waals surface area contributed by atoms with E-state index in [4.69, 9.17) is 14.6 Å². The van der Waals surface area contributed by atoms with Gasteiger partial charge in [-0.3, -0.25) is 19.2 Å². The van der Waals surface area contributed by atoms with Crippen LogP contribution >= 0.6 is 0 Å². The minimum Gasteiger partial charge on any atom is -0.481 e. The monoisotopic (exact) mass is 502 g/mol. The van der Waals surface area contributed by atoms with Gasteiger partial charge in [-0.05, 0) is 55.8 Å². The zero-order valence-corrected chi connectivity index (χ0v) is 23.2. The third-order valence-corrected chi connectivity index (χ3v) is 5.01. The van der Waals surface area contributed by atoms with E-state index in [1.165, 1.54) is 0 Å². The molecule has 0 aromatic rings. The van der Waals surface area contributed by atoms with E-state index in [1.54, 1.807) is 0 Å². The van der Waals surface area contributed by atoms with E-state index in [2.05, 4.69) is 0 Å². The van der Waals surface area contributed by atoms with Crippen molar-refractivity contribution in [3.63, 3.8) is 0 Å². The number of ether oxygens (including phenoxy) is 2. The first-order valence-electron chi connectivity index (χ1n) is 12.9. The summed E-state index contributed by atoms with van der Waals surface area (Å²) in [5.41, 5.74) is -0.766. The maximum atomic E-state index is 11.6. The first-order chi connectivity index (χ1) is 16.1. The molecule has 0 aliphatic rings. The van der Waals surface area contributed by atoms with Crippen LogP contribution in [0, 0.1) is 29.1 Å². The molecule has 0 radical (unpaired) electrons. The third kappa shape index (κ3) is 20.9. The zero-order valence-electron chi connectivity index (χ0n) is 23.2. The number of hydrogen-bond acceptors (Lipinski definition) is 6. The number of carboxylic acids is 2. The van der Waals surface area contributed by atoms with E-state index in [1.807, 2.05) is 55.4 Å². The lowest BCUT2D eigenvalue weighted by Gasteiger charge is -2.32. The smallest absolute Gasteiger partial charge is 0.309 e. The van der Waals surface area contributed by atoms with Crippen LogP contribution in [0.4, 0.5) is 0 Å². The molecule has 0 atom stereocenters. The molecule has 0 amide bonds. The Hall–Kier alpha value is -2.12. The number of esters is 2. The number of carboxylic acid groups (broad SMARTS) is 2. The van der Waals surface area contributed by atoms with Crippen molar-refractivity contribution in [1.82, 2.24) is 0 Å². The lowest BCUT2D eigenvalue weighted by molar-refractivity contribution is -0.152. The average molecular weight is 503 g/mol. The van der Waals surface area contributed by atoms with Crippen molar-refractivity contribution in [2.75, 3.05) is 13.2 Å². The molecule has 0 rings (SSSR count). The summed E-state index contributed by atoms with van der Waals surface area (Å²) in [5, 5.41) is 18.2. The molecule has 0 unspecified atom stereocenters. The predicted molar refractivity (Wildman–Crippen MR) is 136 cm³/mol. The van der Waals surface area contributed by atoms with Crippen LogP contribution in [0.15, 0.2) is 0 Å². The van der Waals surface area contributed by atoms with Gasteiger partial charge in [0.15, 0.2) is 0 Å². The summed E-state index contributed by atoms with van der Waals surface area (Å²) in [7, 11) is 0. The topological polar surface area (TPSA) is 127 Å². The van der Waals surface area contributed by atoms with Crippen LogP contribution in [0.2, 0.25) is 0 Å². The Morgan fingerprint density at radius 2 is 1.03 bits per heavy atom. The van der Waals surface area contributed by atoms with Gasteiger partial charge in [0, 0.05) is 19.3 Å². The molecule has 0 saturated heterocycles. The number of carbonyl (C=O) groups is 4. The number of carbonyl (C=O) groups excluding carboxylic acids is 2. The SMILES string of the molecule is CC(C)CC(CCCC(=O)O)(CC(C)C)C(=O)O.CC(C)COC(=O)CCCC(=O)OCC(C)C. The van der Waals surface area contributed by atoms with Crippen molar-refractivity contribution >= 4 is 23.9 Å². The summed E-state index contributed by atoms with van der Waals surface area (Å²) < 4.78 is 9.98. The Balaban J connectivity index is 0. The second kappa shape index (κ2) is 19.1. The first-order valence-corrected chi connectivity index (χ1v) is 12.9. The molecule has 0 aromatic heterocycles. The van der Waals surface area contributed by atoms with Crippen LogP contribution in [0.3, 0.4) is 0 Å². The number of aliphatic carboxylic acids is 2. The quantitative estimate of drug-likeness (QED) is 0.233. The molecule has 0 fully saturated rings. The summed E-state index contributed by atoms with van der Waals surface area (Å²) in [5.74, 6) is -0.844. The van der Waals surface area contributed by atoms with Crippen molar-refractivity contribution in [2.45, 2.75) is 107 Å². The standard InChI is InChI=1S/C14H26O4.C13H24O4/c1-10(2)8-14(13(17)18,9-11(3)4)7-5-6-12(15)16;1-10(2)8-16-12(14)6-5-7-13(15)17-9-11(3)4/h10-11H,5-9H2,1-4H3,(H,15,16)(H,17,18);10-11H,5-9H2,1-4H3. The van der Waals surface area contributed by atoms with Gasteiger partial charge < -0.3 is 19.7 Å². The molecule has 8 nitrogen and oxygen atoms in total. The van der Waals surface area contributed by atoms with Gasteiger partial charge in [-0.25, -0.2) is 0 Å². The van der Waals surface area contributed by atoms with Crippen molar-refractivity contribution in [3.05, 3.63) is 0 Å². The molecule has 8 heteroatoms. The molecule has 0 bridgehead atoms. The summed E-state index contributed by atoms with van der Waals surface area (Å²) in [6.45, 7) is 16.8. The molecular formula is C27H50O8. The molecule has 0 saturated carbocycles. The van der Waals surface area contributed by atoms with Crippen LogP contribution in [0.5, 0.6) is 0 Å². The third-order valence-electron chi connectivity index (χ3n) is 5.01. The Bertz CT molecular complexity index is 589. The van der Waals surface area contributed by atoms with E-state index in [0.717, 1.165) is 0 Å². The molecule has 0 spiro atoms. The fourth-order valence-corrected chi connectivity index (χ4v) is 3.75. The fourth-order valence-electron chi connectivity index (χ4n) is 3.75. The lowest BCUT2D eigenvalue weighted by Crippen LogP contribution is -2.34. The highest BCUT2D eigenvalue weighted by atomic mass is 16.5. The summed E-state index contributed by atoms with van der Waals surface area (Å²) in [6, 6.07) is 0. The molecular weight excluding hydrogens is 452 g/mol. The minimum atomic E-state index is -0.858. The van der Waals surface area contributed by atoms with Gasteiger partial charge >= 0.3 is 23.9 Å². The maximum Gasteiger partial charge on any atom is 0.309 e. The molecule has 206 valence electrons. The maximum absolute atomic E-state index is 11.6. The predicted octanol–water partition coefficient (Wildman–Crippen LogP) is 5.96. The van der Waals surface area contributed by atoms with Crippen LogP contribution in [-0.4, -0.2) is 47.3 Å². The van der Waals surface area contributed by atoms with Gasteiger partial charge in [0.25, 0.3) is 0 Å². The summed E-state index contributed by atoms with van der Waals surface area (Å²) >= 11 is 0. The average Bonchev–Trinajstić information content (AvgIpc) is 2.69. The van der Waals surface area contributed by atoms with Crippen LogP contribution in [0.1, 0.15) is 107 Å². The Morgan fingerprint density at radius 3 is 1.31 bits per heavy atom. The number of hydrogen-bond donors (Lipinski definition) is 2. The van der Waals surface area contributed by atoms with Gasteiger partial charge in [-0.1, -0.05) is 55.4 Å². The van der Waals surface area contributed by atoms with E-state index in [-0.39, 0.29) is 31.2 Å². The van der Waals surface area contributed by atoms with E-state index in [0.29, 0.717) is 69.0 Å². The number of rotatable bonds is 17. The van der Waals surface area contributed by atoms with Gasteiger partial charge in [-0.15, -0.1) is 0 Å². The molecule has 2 N–H and O–H groups in total. The van der Waals surface area contributed by atoms with Crippen LogP contribution < -0.4 is 0 Å². The molecule has 0 aliphatic carbocycles. The zero-order chi connectivity index (χ0) is 27.6. The second-order valence-corrected chi connectivity index (χ2v) is 11.0. The van der Waals surface area contributed by atoms with Crippen molar-refractivity contribution in [3.8, 4) is 0 Å². The summed E-state index contributed by atoms with van der Waals surface area (Å²) in [4.78, 5) is 44.6. The van der Waals surface area contributed by atoms with Crippen LogP contribution in [0.25, 0.3) is 0 Å². The van der Waals surface area contributed by atoms with Crippen molar-refractivity contribution in [1.29, 1.82) is 0 Å². The second-order valence-electron chi connectivity index (χ2n) is 11.0. The van der Waals surface area contributed by atoms with Gasteiger partial charge in [0.05, 0.1) is 18.6 Å². The fraction of sp³-hybridized carbons (Fsp3) is 0.852. The Kier molecular flexibility index (Phi) is 19.1. The Labute approximate surface area is 212 Å². The Morgan fingerprint density at radius 1 is 0.629 bits per heavy atom. The van der Waals surface area contributed by atoms with Crippen LogP contribution in [-0.2, 0) is 28.7 Å². The van der Waals surface area contributed by atoms with E-state index >= 15 is 0 Å². The van der Waals surface area contributed by atoms with E-state index in [9.17, 15) is 24.3 Å². The van der Waals surface area contributed by atoms with Gasteiger partial charge in [-0.2, -0.15) is 0 Å². The molecule has 0 aliphatic heterocycles. The van der Waals surface area contributed by atoms with Gasteiger partial charge in [0.2, 0.25) is 0 Å². The first kappa shape index (κ1) is 35.0. The van der Waals surface area contributed by atoms with Crippen molar-refractivity contribution in [2.24, 2.45) is 29.1 Å². The normalized spacial score (nSPS) is 11.4. The summed E-state index contributed by atoms with van der Waals surface area (Å²) in [6.07, 6.45) is 3.21. The largest absolute Gasteiger partial charge is 0.481 e. The molecule has 0 aromatic carbocycles. The molecule has 35 heavy (non-hydrogen) atoms. The lowest BCUT2D eigenvalue weighted by atomic mass is 9.71. The minimum absolute atomic E-state index is 0.0468.